The minimum Gasteiger partial charge on any atom is -0.334 e. The number of aryl methyl sites for hydroxylation is 5. The van der Waals surface area contributed by atoms with E-state index >= 15 is 0 Å². The minimum absolute atomic E-state index is 0.728. The van der Waals surface area contributed by atoms with E-state index in [4.69, 9.17) is 4.98 Å². The average molecular weight is 332 g/mol. The summed E-state index contributed by atoms with van der Waals surface area (Å²) < 4.78 is 1.89. The lowest BCUT2D eigenvalue weighted by atomic mass is 10.2. The molecular weight excluding hydrogens is 312 g/mol. The van der Waals surface area contributed by atoms with E-state index < -0.39 is 0 Å². The number of benzene rings is 1. The topological polar surface area (TPSA) is 72.3 Å². The van der Waals surface area contributed by atoms with E-state index in [1.165, 1.54) is 0 Å². The van der Waals surface area contributed by atoms with Crippen LogP contribution in [-0.2, 0) is 0 Å². The lowest BCUT2D eigenvalue weighted by Crippen LogP contribution is -2.02. The molecule has 0 unspecified atom stereocenters. The summed E-state index contributed by atoms with van der Waals surface area (Å²) in [6.45, 7) is 9.96. The van der Waals surface area contributed by atoms with Gasteiger partial charge >= 0.3 is 0 Å². The second kappa shape index (κ2) is 5.51. The third kappa shape index (κ3) is 2.41. The lowest BCUT2D eigenvalue weighted by Gasteiger charge is -2.06. The van der Waals surface area contributed by atoms with Crippen LogP contribution in [0.1, 0.15) is 28.3 Å². The van der Waals surface area contributed by atoms with E-state index in [0.29, 0.717) is 0 Å². The summed E-state index contributed by atoms with van der Waals surface area (Å²) in [5.74, 6) is 0.728. The number of hydrogen-bond donors (Lipinski definition) is 1. The number of imidazole rings is 1. The normalized spacial score (nSPS) is 11.4. The number of aromatic amines is 1. The Morgan fingerprint density at radius 1 is 0.800 bits per heavy atom. The first-order chi connectivity index (χ1) is 12.0. The zero-order valence-electron chi connectivity index (χ0n) is 15.0. The van der Waals surface area contributed by atoms with Crippen molar-refractivity contribution in [1.82, 2.24) is 29.7 Å². The van der Waals surface area contributed by atoms with E-state index in [2.05, 4.69) is 39.1 Å². The maximum absolute atomic E-state index is 4.80. The first-order valence-electron chi connectivity index (χ1n) is 8.29. The second-order valence-corrected chi connectivity index (χ2v) is 6.40. The molecule has 0 bridgehead atoms. The molecule has 0 fully saturated rings. The van der Waals surface area contributed by atoms with Crippen LogP contribution in [0.25, 0.3) is 28.4 Å². The molecule has 6 nitrogen and oxygen atoms in total. The van der Waals surface area contributed by atoms with Crippen molar-refractivity contribution in [3.63, 3.8) is 0 Å². The van der Waals surface area contributed by atoms with Crippen LogP contribution in [0.5, 0.6) is 0 Å². The van der Waals surface area contributed by atoms with Crippen molar-refractivity contribution in [1.29, 1.82) is 0 Å². The average Bonchev–Trinajstić information content (AvgIpc) is 3.12. The molecule has 0 saturated carbocycles. The van der Waals surface area contributed by atoms with Crippen LogP contribution in [0.15, 0.2) is 24.3 Å². The largest absolute Gasteiger partial charge is 0.334 e. The van der Waals surface area contributed by atoms with Gasteiger partial charge in [0.2, 0.25) is 0 Å². The molecule has 1 aromatic carbocycles. The van der Waals surface area contributed by atoms with Gasteiger partial charge in [-0.25, -0.2) is 14.6 Å². The smallest absolute Gasteiger partial charge is 0.181 e. The van der Waals surface area contributed by atoms with Gasteiger partial charge in [-0.05, 0) is 46.2 Å². The zero-order chi connectivity index (χ0) is 17.7. The second-order valence-electron chi connectivity index (χ2n) is 6.40. The Morgan fingerprint density at radius 3 is 2.28 bits per heavy atom. The van der Waals surface area contributed by atoms with Crippen LogP contribution >= 0.6 is 0 Å². The van der Waals surface area contributed by atoms with E-state index in [1.807, 2.05) is 44.5 Å². The highest BCUT2D eigenvalue weighted by atomic mass is 15.3. The maximum Gasteiger partial charge on any atom is 0.181 e. The summed E-state index contributed by atoms with van der Waals surface area (Å²) in [6, 6.07) is 8.16. The number of para-hydroxylation sites is 1. The Balaban J connectivity index is 1.94. The Kier molecular flexibility index (Phi) is 3.42. The summed E-state index contributed by atoms with van der Waals surface area (Å²) in [7, 11) is 0. The molecule has 0 aliphatic rings. The zero-order valence-corrected chi connectivity index (χ0v) is 15.0. The van der Waals surface area contributed by atoms with Crippen molar-refractivity contribution in [2.24, 2.45) is 0 Å². The summed E-state index contributed by atoms with van der Waals surface area (Å²) in [5, 5.41) is 4.66. The molecule has 4 rings (SSSR count). The first-order valence-corrected chi connectivity index (χ1v) is 8.29. The van der Waals surface area contributed by atoms with Crippen molar-refractivity contribution >= 4 is 11.2 Å². The van der Waals surface area contributed by atoms with E-state index in [9.17, 15) is 0 Å². The molecular formula is C19H20N6. The van der Waals surface area contributed by atoms with Gasteiger partial charge in [0.05, 0.1) is 28.5 Å². The Morgan fingerprint density at radius 2 is 1.52 bits per heavy atom. The molecule has 0 aliphatic carbocycles. The number of rotatable bonds is 2. The van der Waals surface area contributed by atoms with Crippen molar-refractivity contribution in [3.05, 3.63) is 52.6 Å². The van der Waals surface area contributed by atoms with E-state index in [0.717, 1.165) is 56.7 Å². The van der Waals surface area contributed by atoms with Gasteiger partial charge in [0.15, 0.2) is 11.5 Å². The maximum atomic E-state index is 4.80. The Hall–Kier alpha value is -3.02. The molecule has 1 N–H and O–H groups in total. The monoisotopic (exact) mass is 332 g/mol. The highest BCUT2D eigenvalue weighted by Gasteiger charge is 2.18. The first kappa shape index (κ1) is 15.5. The van der Waals surface area contributed by atoms with Crippen LogP contribution in [0.3, 0.4) is 0 Å². The Labute approximate surface area is 146 Å². The summed E-state index contributed by atoms with van der Waals surface area (Å²) in [4.78, 5) is 17.4. The van der Waals surface area contributed by atoms with Crippen molar-refractivity contribution in [2.75, 3.05) is 0 Å². The van der Waals surface area contributed by atoms with Crippen molar-refractivity contribution in [3.8, 4) is 17.2 Å². The van der Waals surface area contributed by atoms with Crippen LogP contribution in [0.4, 0.5) is 0 Å². The molecule has 3 aromatic heterocycles. The molecule has 0 spiro atoms. The van der Waals surface area contributed by atoms with Gasteiger partial charge in [0.25, 0.3) is 0 Å². The lowest BCUT2D eigenvalue weighted by molar-refractivity contribution is 0.868. The van der Waals surface area contributed by atoms with Gasteiger partial charge in [-0.1, -0.05) is 18.2 Å². The molecule has 0 saturated heterocycles. The van der Waals surface area contributed by atoms with Crippen molar-refractivity contribution in [2.45, 2.75) is 34.6 Å². The van der Waals surface area contributed by atoms with Crippen LogP contribution < -0.4 is 0 Å². The number of nitrogens with zero attached hydrogens (tertiary/aromatic N) is 5. The van der Waals surface area contributed by atoms with Gasteiger partial charge in [-0.3, -0.25) is 4.98 Å². The predicted octanol–water partition coefficient (Wildman–Crippen LogP) is 3.75. The third-order valence-electron chi connectivity index (χ3n) is 4.55. The van der Waals surface area contributed by atoms with Gasteiger partial charge in [-0.2, -0.15) is 5.10 Å². The van der Waals surface area contributed by atoms with Gasteiger partial charge in [0, 0.05) is 0 Å². The molecule has 0 atom stereocenters. The Bertz CT molecular complexity index is 1100. The van der Waals surface area contributed by atoms with Crippen molar-refractivity contribution < 1.29 is 0 Å². The molecule has 6 heteroatoms. The summed E-state index contributed by atoms with van der Waals surface area (Å²) in [6.07, 6.45) is 0. The molecule has 25 heavy (non-hydrogen) atoms. The fourth-order valence-electron chi connectivity index (χ4n) is 3.04. The highest BCUT2D eigenvalue weighted by molar-refractivity contribution is 5.80. The van der Waals surface area contributed by atoms with Gasteiger partial charge in [-0.15, -0.1) is 0 Å². The van der Waals surface area contributed by atoms with E-state index in [-0.39, 0.29) is 0 Å². The fraction of sp³-hybridized carbons (Fsp3) is 0.263. The molecule has 0 amide bonds. The standard InChI is InChI=1S/C19H20N6/c1-10-8-6-7-9-15(10)25-19-17(14(5)24-25)22-18(23-19)16-13(4)20-11(2)12(3)21-16/h6-9H,1-5H3,(H,22,23). The van der Waals surface area contributed by atoms with Crippen LogP contribution in [-0.4, -0.2) is 29.7 Å². The number of nitrogens with one attached hydrogen (secondary N) is 1. The van der Waals surface area contributed by atoms with Crippen LogP contribution in [0, 0.1) is 34.6 Å². The van der Waals surface area contributed by atoms with Gasteiger partial charge < -0.3 is 4.98 Å². The minimum atomic E-state index is 0.728. The summed E-state index contributed by atoms with van der Waals surface area (Å²) >= 11 is 0. The number of H-pyrrole nitrogens is 1. The van der Waals surface area contributed by atoms with Crippen LogP contribution in [0.2, 0.25) is 0 Å². The summed E-state index contributed by atoms with van der Waals surface area (Å²) in [5.41, 5.74) is 8.34. The third-order valence-corrected chi connectivity index (χ3v) is 4.55. The molecule has 0 radical (unpaired) electrons. The quantitative estimate of drug-likeness (QED) is 0.607. The SMILES string of the molecule is Cc1ccccc1-n1nc(C)c2[nH]c(-c3nc(C)c(C)nc3C)nc21. The molecule has 3 heterocycles. The fourth-order valence-corrected chi connectivity index (χ4v) is 3.04. The van der Waals surface area contributed by atoms with E-state index in [1.54, 1.807) is 0 Å². The predicted molar refractivity (Wildman–Crippen MR) is 97.9 cm³/mol. The number of hydrogen-bond acceptors (Lipinski definition) is 4. The number of aromatic nitrogens is 6. The van der Waals surface area contributed by atoms with Gasteiger partial charge in [0.1, 0.15) is 11.2 Å². The number of fused-ring (bicyclic) bond motifs is 1. The molecule has 126 valence electrons. The highest BCUT2D eigenvalue weighted by Crippen LogP contribution is 2.26. The molecule has 4 aromatic rings. The molecule has 0 aliphatic heterocycles.